The summed E-state index contributed by atoms with van der Waals surface area (Å²) < 4.78 is 31.1. The Morgan fingerprint density at radius 2 is 1.63 bits per heavy atom. The van der Waals surface area contributed by atoms with Gasteiger partial charge in [0.25, 0.3) is 11.8 Å². The number of halogens is 2. The van der Waals surface area contributed by atoms with Crippen LogP contribution in [0.4, 0.5) is 8.78 Å². The first-order chi connectivity index (χ1) is 24.5. The number of benzene rings is 2. The smallest absolute Gasteiger partial charge is 0.328 e. The van der Waals surface area contributed by atoms with Crippen molar-refractivity contribution in [2.45, 2.75) is 58.8 Å². The third-order valence-electron chi connectivity index (χ3n) is 8.52. The first-order valence-corrected chi connectivity index (χ1v) is 16.5. The molecule has 0 fully saturated rings. The molecular weight excluding hydrogens is 678 g/mol. The van der Waals surface area contributed by atoms with Crippen LogP contribution in [0.1, 0.15) is 51.4 Å². The maximum Gasteiger partial charge on any atom is 0.328 e. The van der Waals surface area contributed by atoms with Crippen molar-refractivity contribution >= 4 is 35.5 Å². The van der Waals surface area contributed by atoms with E-state index in [4.69, 9.17) is 5.73 Å². The molecule has 5 amide bonds. The van der Waals surface area contributed by atoms with E-state index in [1.165, 1.54) is 6.92 Å². The Morgan fingerprint density at radius 3 is 2.23 bits per heavy atom. The summed E-state index contributed by atoms with van der Waals surface area (Å²) in [6.45, 7) is 6.24. The number of aromatic nitrogens is 1. The summed E-state index contributed by atoms with van der Waals surface area (Å²) in [5.41, 5.74) is 7.57. The highest BCUT2D eigenvalue weighted by molar-refractivity contribution is 6.14. The Balaban J connectivity index is 1.53. The third kappa shape index (κ3) is 9.75. The summed E-state index contributed by atoms with van der Waals surface area (Å²) in [5.74, 6) is -6.11. The zero-order chi connectivity index (χ0) is 38.3. The van der Waals surface area contributed by atoms with Gasteiger partial charge >= 0.3 is 5.97 Å². The van der Waals surface area contributed by atoms with E-state index in [9.17, 15) is 42.7 Å². The van der Waals surface area contributed by atoms with Crippen molar-refractivity contribution in [3.05, 3.63) is 95.8 Å². The highest BCUT2D eigenvalue weighted by atomic mass is 19.1. The topological polar surface area (TPSA) is 184 Å². The second-order valence-electron chi connectivity index (χ2n) is 13.6. The molecule has 3 aromatic rings. The Labute approximate surface area is 299 Å². The highest BCUT2D eigenvalue weighted by Crippen LogP contribution is 2.41. The standard InChI is InChI=1S/C37H42F2N6O7/c1-22(46)44(15-14-28(40)35(50)42-29(36(51)52)18-41-31(47)21-45-32(48)12-13-33(45)49)34(37(2,3)4)30-16-24(26-17-25(38)10-11-27(26)39)20-43(30)19-23-8-6-5-7-9-23/h5-13,16-17,20,28-29,34H,14-15,18-19,21,40H2,1-4H3,(H,41,47)(H,42,50)(H,51,52)/t28-,29+,34-/m0/s1. The number of hydrogen-bond acceptors (Lipinski definition) is 7. The summed E-state index contributed by atoms with van der Waals surface area (Å²) in [6, 6.07) is 10.8. The zero-order valence-electron chi connectivity index (χ0n) is 29.3. The lowest BCUT2D eigenvalue weighted by Gasteiger charge is -2.41. The molecule has 2 aromatic carbocycles. The maximum atomic E-state index is 15.0. The minimum Gasteiger partial charge on any atom is -0.480 e. The van der Waals surface area contributed by atoms with Crippen molar-refractivity contribution in [1.29, 1.82) is 0 Å². The number of hydrogen-bond donors (Lipinski definition) is 4. The maximum absolute atomic E-state index is 15.0. The fourth-order valence-electron chi connectivity index (χ4n) is 5.97. The lowest BCUT2D eigenvalue weighted by molar-refractivity contribution is -0.143. The van der Waals surface area contributed by atoms with Gasteiger partial charge in [0.1, 0.15) is 24.2 Å². The normalized spacial score (nSPS) is 14.6. The molecule has 13 nitrogen and oxygen atoms in total. The number of carbonyl (C=O) groups excluding carboxylic acids is 5. The van der Waals surface area contributed by atoms with Crippen LogP contribution in [0.5, 0.6) is 0 Å². The SMILES string of the molecule is CC(=O)N(CC[C@H](N)C(=O)N[C@H](CNC(=O)CN1C(=O)C=CC1=O)C(=O)O)[C@@H](c1cc(-c2cc(F)ccc2F)cn1Cc1ccccc1)C(C)(C)C. The molecule has 15 heteroatoms. The minimum atomic E-state index is -1.60. The van der Waals surface area contributed by atoms with Crippen molar-refractivity contribution in [2.24, 2.45) is 11.1 Å². The van der Waals surface area contributed by atoms with E-state index in [2.05, 4.69) is 10.6 Å². The van der Waals surface area contributed by atoms with Gasteiger partial charge in [-0.05, 0) is 41.7 Å². The molecule has 1 aliphatic heterocycles. The molecule has 5 N–H and O–H groups in total. The zero-order valence-corrected chi connectivity index (χ0v) is 29.3. The van der Waals surface area contributed by atoms with Crippen LogP contribution in [0.2, 0.25) is 0 Å². The highest BCUT2D eigenvalue weighted by Gasteiger charge is 2.37. The van der Waals surface area contributed by atoms with E-state index in [0.717, 1.165) is 35.9 Å². The van der Waals surface area contributed by atoms with E-state index < -0.39 is 77.9 Å². The summed E-state index contributed by atoms with van der Waals surface area (Å²) >= 11 is 0. The molecule has 0 bridgehead atoms. The van der Waals surface area contributed by atoms with Crippen LogP contribution in [0.15, 0.2) is 72.9 Å². The lowest BCUT2D eigenvalue weighted by Crippen LogP contribution is -2.54. The second kappa shape index (κ2) is 16.5. The molecular formula is C37H42F2N6O7. The van der Waals surface area contributed by atoms with Crippen LogP contribution >= 0.6 is 0 Å². The summed E-state index contributed by atoms with van der Waals surface area (Å²) in [4.78, 5) is 76.2. The predicted molar refractivity (Wildman–Crippen MR) is 186 cm³/mol. The van der Waals surface area contributed by atoms with E-state index in [0.29, 0.717) is 22.7 Å². The summed E-state index contributed by atoms with van der Waals surface area (Å²) in [5, 5.41) is 14.2. The van der Waals surface area contributed by atoms with Gasteiger partial charge in [-0.2, -0.15) is 0 Å². The number of nitrogens with zero attached hydrogens (tertiary/aromatic N) is 3. The predicted octanol–water partition coefficient (Wildman–Crippen LogP) is 2.75. The lowest BCUT2D eigenvalue weighted by atomic mass is 9.82. The minimum absolute atomic E-state index is 0.0353. The van der Waals surface area contributed by atoms with Crippen LogP contribution in [0.25, 0.3) is 11.1 Å². The van der Waals surface area contributed by atoms with Crippen LogP contribution in [-0.2, 0) is 35.3 Å². The first kappa shape index (κ1) is 39.1. The van der Waals surface area contributed by atoms with Crippen molar-refractivity contribution in [3.8, 4) is 11.1 Å². The first-order valence-electron chi connectivity index (χ1n) is 16.5. The molecule has 52 heavy (non-hydrogen) atoms. The summed E-state index contributed by atoms with van der Waals surface area (Å²) in [6.07, 6.45) is 3.62. The molecule has 0 spiro atoms. The largest absolute Gasteiger partial charge is 0.480 e. The Hall–Kier alpha value is -5.70. The molecule has 0 saturated carbocycles. The molecule has 4 rings (SSSR count). The van der Waals surface area contributed by atoms with E-state index in [1.54, 1.807) is 17.2 Å². The molecule has 2 heterocycles. The summed E-state index contributed by atoms with van der Waals surface area (Å²) in [7, 11) is 0. The van der Waals surface area contributed by atoms with Gasteiger partial charge in [0.15, 0.2) is 0 Å². The Kier molecular flexibility index (Phi) is 12.4. The number of nitrogens with one attached hydrogen (secondary N) is 2. The quantitative estimate of drug-likeness (QED) is 0.173. The average Bonchev–Trinajstić information content (AvgIpc) is 3.62. The fourth-order valence-corrected chi connectivity index (χ4v) is 5.97. The average molecular weight is 721 g/mol. The van der Waals surface area contributed by atoms with Crippen LogP contribution in [-0.4, -0.2) is 86.7 Å². The molecule has 0 saturated heterocycles. The molecule has 0 radical (unpaired) electrons. The van der Waals surface area contributed by atoms with Crippen molar-refractivity contribution in [1.82, 2.24) is 25.0 Å². The number of rotatable bonds is 15. The second-order valence-corrected chi connectivity index (χ2v) is 13.6. The van der Waals surface area contributed by atoms with Crippen LogP contribution < -0.4 is 16.4 Å². The van der Waals surface area contributed by atoms with E-state index in [1.807, 2.05) is 55.7 Å². The van der Waals surface area contributed by atoms with Crippen LogP contribution in [0, 0.1) is 17.0 Å². The van der Waals surface area contributed by atoms with Crippen molar-refractivity contribution in [2.75, 3.05) is 19.6 Å². The Morgan fingerprint density at radius 1 is 0.981 bits per heavy atom. The molecule has 0 aliphatic carbocycles. The number of aliphatic carboxylic acids is 1. The van der Waals surface area contributed by atoms with Gasteiger partial charge in [-0.3, -0.25) is 28.9 Å². The number of nitrogens with two attached hydrogens (primary N) is 1. The number of carboxylic acids is 1. The van der Waals surface area contributed by atoms with E-state index >= 15 is 0 Å². The van der Waals surface area contributed by atoms with Gasteiger partial charge in [0, 0.05) is 61.7 Å². The third-order valence-corrected chi connectivity index (χ3v) is 8.52. The van der Waals surface area contributed by atoms with Crippen LogP contribution in [0.3, 0.4) is 0 Å². The number of carbonyl (C=O) groups is 6. The van der Waals surface area contributed by atoms with Gasteiger partial charge < -0.3 is 30.9 Å². The number of amides is 5. The molecule has 1 aliphatic rings. The Bertz CT molecular complexity index is 1850. The molecule has 276 valence electrons. The van der Waals surface area contributed by atoms with Crippen molar-refractivity contribution < 1.29 is 42.7 Å². The monoisotopic (exact) mass is 720 g/mol. The molecule has 0 unspecified atom stereocenters. The number of imide groups is 1. The van der Waals surface area contributed by atoms with Gasteiger partial charge in [0.2, 0.25) is 17.7 Å². The van der Waals surface area contributed by atoms with Gasteiger partial charge in [-0.15, -0.1) is 0 Å². The molecule has 3 atom stereocenters. The fraction of sp³-hybridized carbons (Fsp3) is 0.351. The van der Waals surface area contributed by atoms with Gasteiger partial charge in [-0.25, -0.2) is 13.6 Å². The van der Waals surface area contributed by atoms with Gasteiger partial charge in [-0.1, -0.05) is 51.1 Å². The molecule has 1 aromatic heterocycles. The number of carboxylic acid groups (broad SMARTS) is 1. The van der Waals surface area contributed by atoms with Gasteiger partial charge in [0.05, 0.1) is 12.1 Å². The van der Waals surface area contributed by atoms with Crippen molar-refractivity contribution in [3.63, 3.8) is 0 Å². The van der Waals surface area contributed by atoms with E-state index in [-0.39, 0.29) is 24.4 Å².